The number of nitrogens with one attached hydrogen (secondary N) is 1. The van der Waals surface area contributed by atoms with Gasteiger partial charge in [-0.25, -0.2) is 24.0 Å². The number of carbonyl (C=O) groups excluding carboxylic acids is 4. The number of rotatable bonds is 9. The fourth-order valence-corrected chi connectivity index (χ4v) is 5.78. The summed E-state index contributed by atoms with van der Waals surface area (Å²) in [5.41, 5.74) is 12.6. The molecule has 3 atom stereocenters. The molecule has 27 heteroatoms. The number of nitrogens with two attached hydrogens (primary N) is 2. The summed E-state index contributed by atoms with van der Waals surface area (Å²) in [6.07, 6.45) is -3.06. The molecule has 12 N–H and O–H groups in total. The molecule has 1 aliphatic carbocycles. The van der Waals surface area contributed by atoms with E-state index in [0.29, 0.717) is 6.61 Å². The third kappa shape index (κ3) is 78.8. The zero-order valence-corrected chi connectivity index (χ0v) is 54.3. The second-order valence-corrected chi connectivity index (χ2v) is 25.7. The van der Waals surface area contributed by atoms with E-state index < -0.39 is 71.1 Å². The van der Waals surface area contributed by atoms with Gasteiger partial charge in [0.15, 0.2) is 6.10 Å². The van der Waals surface area contributed by atoms with Gasteiger partial charge in [-0.15, -0.1) is 11.8 Å². The molecule has 2 aromatic rings. The van der Waals surface area contributed by atoms with Crippen molar-refractivity contribution in [3.63, 3.8) is 0 Å². The number of hydrogen-bond donors (Lipinski definition) is 12. The minimum atomic E-state index is -1.43. The van der Waals surface area contributed by atoms with Crippen molar-refractivity contribution in [2.75, 3.05) is 20.8 Å². The number of benzene rings is 2. The molecule has 3 amide bonds. The number of thiol groups is 2. The van der Waals surface area contributed by atoms with Crippen LogP contribution in [0.15, 0.2) is 52.8 Å². The predicted octanol–water partition coefficient (Wildman–Crippen LogP) is 9.82. The van der Waals surface area contributed by atoms with Gasteiger partial charge < -0.3 is 71.5 Å². The Balaban J connectivity index is -0.000000108. The molecule has 1 aliphatic rings. The van der Waals surface area contributed by atoms with Gasteiger partial charge in [0.1, 0.15) is 23.9 Å². The Labute approximate surface area is 504 Å². The van der Waals surface area contributed by atoms with Gasteiger partial charge >= 0.3 is 66.9 Å². The third-order valence-corrected chi connectivity index (χ3v) is 7.98. The summed E-state index contributed by atoms with van der Waals surface area (Å²) in [5, 5.41) is 57.1. The summed E-state index contributed by atoms with van der Waals surface area (Å²) in [6.45, 7) is 38.2. The van der Waals surface area contributed by atoms with Gasteiger partial charge in [0.2, 0.25) is 6.29 Å². The number of alkyl carbamates (subject to hydrolysis) is 1. The first-order chi connectivity index (χ1) is 36.2. The molecule has 0 saturated carbocycles. The Morgan fingerprint density at radius 2 is 0.976 bits per heavy atom. The van der Waals surface area contributed by atoms with Gasteiger partial charge in [0.05, 0.1) is 16.5 Å². The van der Waals surface area contributed by atoms with Crippen molar-refractivity contribution in [2.45, 2.75) is 208 Å². The molecule has 1 radical (unpaired) electrons. The zero-order chi connectivity index (χ0) is 66.7. The second-order valence-electron chi connectivity index (χ2n) is 21.9. The number of amides is 3. The molecule has 2 aromatic carbocycles. The zero-order valence-electron chi connectivity index (χ0n) is 51.7. The summed E-state index contributed by atoms with van der Waals surface area (Å²) in [7, 11) is 6.34. The van der Waals surface area contributed by atoms with Crippen LogP contribution in [0.25, 0.3) is 11.1 Å². The van der Waals surface area contributed by atoms with Gasteiger partial charge in [0.25, 0.3) is 0 Å². The first kappa shape index (κ1) is 95.8. The Bertz CT molecular complexity index is 2000. The summed E-state index contributed by atoms with van der Waals surface area (Å²) in [6, 6.07) is 15.4. The van der Waals surface area contributed by atoms with Crippen LogP contribution in [0, 0.1) is 0 Å². The number of carboxylic acid groups (broad SMARTS) is 4. The van der Waals surface area contributed by atoms with Gasteiger partial charge in [-0.3, -0.25) is 14.4 Å². The number of thioether (sulfide) groups is 1. The summed E-state index contributed by atoms with van der Waals surface area (Å²) < 4.78 is 22.4. The van der Waals surface area contributed by atoms with Crippen LogP contribution in [0.2, 0.25) is 0 Å². The number of fused-ring (bicyclic) bond motifs is 3. The molecule has 477 valence electrons. The average Bonchev–Trinajstić information content (AvgIpc) is 3.58. The maximum atomic E-state index is 11.0. The number of carboxylic acids is 4. The molecule has 23 nitrogen and oxygen atoms in total. The van der Waals surface area contributed by atoms with E-state index in [4.69, 9.17) is 71.0 Å². The predicted molar refractivity (Wildman–Crippen MR) is 333 cm³/mol. The fraction of sp³-hybridized carbons (Fsp3) is 0.636. The van der Waals surface area contributed by atoms with Crippen molar-refractivity contribution in [3.05, 3.63) is 59.7 Å². The molecule has 0 saturated heterocycles. The number of carbonyl (C=O) groups is 8. The molecule has 0 fully saturated rings. The van der Waals surface area contributed by atoms with Crippen molar-refractivity contribution in [2.24, 2.45) is 15.8 Å². The van der Waals surface area contributed by atoms with Gasteiger partial charge in [-0.2, -0.15) is 12.6 Å². The van der Waals surface area contributed by atoms with Crippen molar-refractivity contribution >= 4 is 93.3 Å². The number of hydrogen-bond acceptors (Lipinski definition) is 19. The van der Waals surface area contributed by atoms with E-state index in [-0.39, 0.29) is 40.0 Å². The number of primary amides is 2. The molecule has 82 heavy (non-hydrogen) atoms. The van der Waals surface area contributed by atoms with E-state index in [1.165, 1.54) is 47.9 Å². The van der Waals surface area contributed by atoms with E-state index in [2.05, 4.69) is 92.5 Å². The monoisotopic (exact) mass is 1230 g/mol. The Morgan fingerprint density at radius 1 is 0.659 bits per heavy atom. The first-order valence-corrected chi connectivity index (χ1v) is 26.2. The summed E-state index contributed by atoms with van der Waals surface area (Å²) in [5.74, 6) is -4.09. The van der Waals surface area contributed by atoms with E-state index >= 15 is 0 Å². The number of aliphatic hydroxyl groups is 3. The first-order valence-electron chi connectivity index (χ1n) is 24.4. The molecular formula is C55H102BN4O19S3. The van der Waals surface area contributed by atoms with Crippen LogP contribution in [0.1, 0.15) is 170 Å². The standard InChI is InChI=1S/C15H13NO2.C8H15NO4.C7H14O3.C7H14O2S.C5H11NO2.C4H10O.C4H10S.C2H2O3.2CH4O.CH4.BHNS/c16-15(17)18-9-14-12-7-3-1-5-10(12)11-6-2-4-8-13(11)14;1-5(6(10)11)9-7(12)13-8(2,3)4;2*1-5(6(8)9)10-7(2,3)4;1-5(2,3)8-4(6)7;2*1-4(2,3)5;3-1-2(4)5;2*1-2;;1-2-3/h1-8,14H,9H2,(H2,16,17);5H,1-4H3,(H,9,12)(H,10,11);2*5H,1-4H3,(H,8,9);1-3H3,(H2,6,7);2*5H,1-3H3;1H,(H,4,5);2*2H,1H3;1H4;3H. The molecule has 3 rings (SSSR count). The topological polar surface area (TPSA) is 392 Å². The SMILES string of the molecule is C.CC(C)(C)O.CC(C)(C)OC(N)=O.CC(C)(C)S.CC(NC(=O)OC(C)(C)C)C(=O)O.CC(OC(C)(C)C)C(=O)O.CC(SC(C)(C)C)C(=O)O.CO.CO.NC(=O)OCC1c2ccccc2-c2ccccc21.O=CC(=O)O.[B]=NS. The minimum absolute atomic E-state index is 0. The third-order valence-electron chi connectivity index (χ3n) is 6.72. The number of aliphatic carboxylic acids is 4. The van der Waals surface area contributed by atoms with E-state index in [1.54, 1.807) is 69.2 Å². The number of ether oxygens (including phenoxy) is 4. The summed E-state index contributed by atoms with van der Waals surface area (Å²) in [4.78, 5) is 80.6. The normalized spacial score (nSPS) is 11.7. The molecule has 0 aliphatic heterocycles. The molecule has 0 aromatic heterocycles. The number of nitrogens with zero attached hydrogens (tertiary/aromatic N) is 1. The van der Waals surface area contributed by atoms with Crippen molar-refractivity contribution in [1.29, 1.82) is 0 Å². The van der Waals surface area contributed by atoms with Crippen molar-refractivity contribution < 1.29 is 93.0 Å². The van der Waals surface area contributed by atoms with E-state index in [9.17, 15) is 28.8 Å². The molecule has 0 spiro atoms. The van der Waals surface area contributed by atoms with Crippen molar-refractivity contribution in [3.8, 4) is 11.1 Å². The van der Waals surface area contributed by atoms with Gasteiger partial charge in [0, 0.05) is 29.6 Å². The van der Waals surface area contributed by atoms with Crippen LogP contribution in [0.5, 0.6) is 0 Å². The van der Waals surface area contributed by atoms with E-state index in [0.717, 1.165) is 14.2 Å². The Morgan fingerprint density at radius 3 is 1.16 bits per heavy atom. The summed E-state index contributed by atoms with van der Waals surface area (Å²) >= 11 is 8.78. The molecule has 0 bridgehead atoms. The quantitative estimate of drug-likeness (QED) is 0.0365. The Kier molecular flexibility index (Phi) is 57.3. The number of aliphatic hydroxyl groups excluding tert-OH is 2. The maximum absolute atomic E-state index is 11.0. The fourth-order valence-electron chi connectivity index (χ4n) is 4.61. The second kappa shape index (κ2) is 49.0. The molecule has 0 heterocycles. The van der Waals surface area contributed by atoms with Crippen molar-refractivity contribution in [1.82, 2.24) is 5.32 Å². The van der Waals surface area contributed by atoms with Crippen LogP contribution in [-0.2, 0) is 42.9 Å². The van der Waals surface area contributed by atoms with Gasteiger partial charge in [-0.1, -0.05) is 97.5 Å². The number of aldehydes is 1. The van der Waals surface area contributed by atoms with Crippen LogP contribution < -0.4 is 16.8 Å². The average molecular weight is 1230 g/mol. The molecular weight excluding hydrogens is 1130 g/mol. The van der Waals surface area contributed by atoms with Crippen LogP contribution in [0.4, 0.5) is 14.4 Å². The Hall–Kier alpha value is -5.45. The van der Waals surface area contributed by atoms with Gasteiger partial charge in [-0.05, 0) is 126 Å². The molecule has 3 unspecified atom stereocenters. The van der Waals surface area contributed by atoms with Crippen LogP contribution in [-0.4, -0.2) is 162 Å². The van der Waals surface area contributed by atoms with E-state index in [1.807, 2.05) is 65.8 Å². The van der Waals surface area contributed by atoms with Crippen LogP contribution >= 0.6 is 37.2 Å². The van der Waals surface area contributed by atoms with Crippen LogP contribution in [0.3, 0.4) is 0 Å².